The number of nitrogens with two attached hydrogens (primary N) is 1. The molecule has 0 aliphatic heterocycles. The lowest BCUT2D eigenvalue weighted by molar-refractivity contribution is -0.122. The minimum Gasteiger partial charge on any atom is -0.383 e. The predicted octanol–water partition coefficient (Wildman–Crippen LogP) is 1.13. The Balaban J connectivity index is 0.00000324. The molecule has 0 radical (unpaired) electrons. The third-order valence-corrected chi connectivity index (χ3v) is 2.51. The third kappa shape index (κ3) is 6.42. The summed E-state index contributed by atoms with van der Waals surface area (Å²) in [5, 5.41) is 6.05. The first-order chi connectivity index (χ1) is 8.65. The molecule has 1 rings (SSSR count). The molecular weight excluding hydrogens is 266 g/mol. The summed E-state index contributed by atoms with van der Waals surface area (Å²) in [6, 6.07) is 7.35. The number of hydrogen-bond donors (Lipinski definition) is 3. The smallest absolute Gasteiger partial charge is 0.236 e. The van der Waals surface area contributed by atoms with E-state index < -0.39 is 6.04 Å². The fraction of sp³-hybridized carbons (Fsp3) is 0.462. The molecule has 108 valence electrons. The summed E-state index contributed by atoms with van der Waals surface area (Å²) >= 11 is 0. The number of halogens is 1. The van der Waals surface area contributed by atoms with Crippen molar-refractivity contribution in [2.24, 2.45) is 5.73 Å². The highest BCUT2D eigenvalue weighted by Crippen LogP contribution is 2.14. The van der Waals surface area contributed by atoms with Crippen LogP contribution in [-0.2, 0) is 16.1 Å². The minimum absolute atomic E-state index is 0. The van der Waals surface area contributed by atoms with Gasteiger partial charge in [-0.25, -0.2) is 0 Å². The van der Waals surface area contributed by atoms with Crippen LogP contribution in [-0.4, -0.2) is 32.2 Å². The Labute approximate surface area is 120 Å². The Morgan fingerprint density at radius 1 is 1.42 bits per heavy atom. The van der Waals surface area contributed by atoms with Gasteiger partial charge in [-0.15, -0.1) is 12.4 Å². The van der Waals surface area contributed by atoms with Crippen LogP contribution < -0.4 is 16.4 Å². The average Bonchev–Trinajstić information content (AvgIpc) is 2.37. The second-order valence-corrected chi connectivity index (χ2v) is 4.08. The van der Waals surface area contributed by atoms with Crippen LogP contribution in [0.25, 0.3) is 0 Å². The van der Waals surface area contributed by atoms with E-state index >= 15 is 0 Å². The van der Waals surface area contributed by atoms with Gasteiger partial charge in [-0.2, -0.15) is 0 Å². The van der Waals surface area contributed by atoms with Crippen LogP contribution in [0.5, 0.6) is 0 Å². The number of carbonyl (C=O) groups excluding carboxylic acids is 1. The summed E-state index contributed by atoms with van der Waals surface area (Å²) in [7, 11) is 1.66. The van der Waals surface area contributed by atoms with Crippen molar-refractivity contribution in [2.75, 3.05) is 25.6 Å². The van der Waals surface area contributed by atoms with Crippen molar-refractivity contribution in [3.8, 4) is 0 Å². The molecule has 0 saturated heterocycles. The van der Waals surface area contributed by atoms with Crippen LogP contribution in [0.15, 0.2) is 24.3 Å². The zero-order valence-electron chi connectivity index (χ0n) is 11.3. The van der Waals surface area contributed by atoms with Gasteiger partial charge in [-0.3, -0.25) is 4.79 Å². The summed E-state index contributed by atoms with van der Waals surface area (Å²) in [6.45, 7) is 3.50. The van der Waals surface area contributed by atoms with Gasteiger partial charge >= 0.3 is 0 Å². The van der Waals surface area contributed by atoms with Crippen molar-refractivity contribution in [1.29, 1.82) is 0 Å². The number of amides is 1. The lowest BCUT2D eigenvalue weighted by Crippen LogP contribution is -2.37. The standard InChI is InChI=1S/C13H21N3O2.ClH/c1-10(14)13(17)16-9-11-5-3-4-6-12(11)15-7-8-18-2;/h3-6,10,15H,7-9,14H2,1-2H3,(H,16,17);1H. The number of ether oxygens (including phenoxy) is 1. The highest BCUT2D eigenvalue weighted by molar-refractivity contribution is 5.85. The second kappa shape index (κ2) is 9.61. The van der Waals surface area contributed by atoms with Gasteiger partial charge < -0.3 is 21.1 Å². The van der Waals surface area contributed by atoms with Crippen LogP contribution >= 0.6 is 12.4 Å². The molecule has 0 heterocycles. The Kier molecular flexibility index (Phi) is 8.95. The molecule has 0 bridgehead atoms. The Bertz CT molecular complexity index is 386. The van der Waals surface area contributed by atoms with Gasteiger partial charge in [-0.1, -0.05) is 18.2 Å². The SMILES string of the molecule is COCCNc1ccccc1CNC(=O)C(C)N.Cl. The van der Waals surface area contributed by atoms with E-state index in [1.807, 2.05) is 24.3 Å². The van der Waals surface area contributed by atoms with Crippen molar-refractivity contribution in [3.05, 3.63) is 29.8 Å². The average molecular weight is 288 g/mol. The molecule has 0 aliphatic carbocycles. The molecule has 0 spiro atoms. The minimum atomic E-state index is -0.487. The number of nitrogens with one attached hydrogen (secondary N) is 2. The summed E-state index contributed by atoms with van der Waals surface area (Å²) in [4.78, 5) is 11.4. The van der Waals surface area contributed by atoms with E-state index in [-0.39, 0.29) is 18.3 Å². The highest BCUT2D eigenvalue weighted by Gasteiger charge is 2.07. The van der Waals surface area contributed by atoms with Crippen LogP contribution in [0.4, 0.5) is 5.69 Å². The Morgan fingerprint density at radius 2 is 2.11 bits per heavy atom. The number of para-hydroxylation sites is 1. The molecule has 4 N–H and O–H groups in total. The monoisotopic (exact) mass is 287 g/mol. The van der Waals surface area contributed by atoms with Crippen molar-refractivity contribution in [2.45, 2.75) is 19.5 Å². The molecule has 1 atom stereocenters. The molecule has 1 amide bonds. The van der Waals surface area contributed by atoms with Gasteiger partial charge in [0.05, 0.1) is 12.6 Å². The van der Waals surface area contributed by atoms with Gasteiger partial charge in [0, 0.05) is 25.9 Å². The Morgan fingerprint density at radius 3 is 2.74 bits per heavy atom. The normalized spacial score (nSPS) is 11.3. The maximum absolute atomic E-state index is 11.4. The fourth-order valence-electron chi connectivity index (χ4n) is 1.48. The summed E-state index contributed by atoms with van der Waals surface area (Å²) in [5.74, 6) is -0.151. The first-order valence-electron chi connectivity index (χ1n) is 5.99. The van der Waals surface area contributed by atoms with Crippen molar-refractivity contribution in [3.63, 3.8) is 0 Å². The lowest BCUT2D eigenvalue weighted by Gasteiger charge is -2.13. The zero-order valence-corrected chi connectivity index (χ0v) is 12.1. The molecule has 1 unspecified atom stereocenters. The Hall–Kier alpha value is -1.30. The fourth-order valence-corrected chi connectivity index (χ4v) is 1.48. The summed E-state index contributed by atoms with van der Waals surface area (Å²) in [5.41, 5.74) is 7.52. The highest BCUT2D eigenvalue weighted by atomic mass is 35.5. The van der Waals surface area contributed by atoms with E-state index in [1.54, 1.807) is 14.0 Å². The van der Waals surface area contributed by atoms with Crippen molar-refractivity contribution >= 4 is 24.0 Å². The largest absolute Gasteiger partial charge is 0.383 e. The lowest BCUT2D eigenvalue weighted by atomic mass is 10.1. The predicted molar refractivity (Wildman–Crippen MR) is 79.6 cm³/mol. The second-order valence-electron chi connectivity index (χ2n) is 4.08. The third-order valence-electron chi connectivity index (χ3n) is 2.51. The molecule has 1 aromatic rings. The first kappa shape index (κ1) is 17.7. The molecule has 6 heteroatoms. The molecule has 1 aromatic carbocycles. The number of benzene rings is 1. The molecular formula is C13H22ClN3O2. The molecule has 19 heavy (non-hydrogen) atoms. The number of carbonyl (C=O) groups is 1. The van der Waals surface area contributed by atoms with Crippen LogP contribution in [0, 0.1) is 0 Å². The van der Waals surface area contributed by atoms with Gasteiger partial charge in [0.25, 0.3) is 0 Å². The topological polar surface area (TPSA) is 76.4 Å². The zero-order chi connectivity index (χ0) is 13.4. The van der Waals surface area contributed by atoms with Crippen LogP contribution in [0.3, 0.4) is 0 Å². The van der Waals surface area contributed by atoms with E-state index in [0.29, 0.717) is 13.2 Å². The molecule has 0 aliphatic rings. The number of anilines is 1. The van der Waals surface area contributed by atoms with Gasteiger partial charge in [-0.05, 0) is 18.6 Å². The molecule has 0 aromatic heterocycles. The summed E-state index contributed by atoms with van der Waals surface area (Å²) < 4.78 is 4.98. The van der Waals surface area contributed by atoms with E-state index in [4.69, 9.17) is 10.5 Å². The van der Waals surface area contributed by atoms with E-state index in [1.165, 1.54) is 0 Å². The summed E-state index contributed by atoms with van der Waals surface area (Å²) in [6.07, 6.45) is 0. The van der Waals surface area contributed by atoms with Crippen LogP contribution in [0.2, 0.25) is 0 Å². The maximum atomic E-state index is 11.4. The molecule has 0 fully saturated rings. The molecule has 5 nitrogen and oxygen atoms in total. The molecule has 0 saturated carbocycles. The number of methoxy groups -OCH3 is 1. The van der Waals surface area contributed by atoms with Crippen LogP contribution in [0.1, 0.15) is 12.5 Å². The number of rotatable bonds is 7. The van der Waals surface area contributed by atoms with Crippen molar-refractivity contribution < 1.29 is 9.53 Å². The maximum Gasteiger partial charge on any atom is 0.236 e. The quantitative estimate of drug-likeness (QED) is 0.657. The number of hydrogen-bond acceptors (Lipinski definition) is 4. The van der Waals surface area contributed by atoms with E-state index in [9.17, 15) is 4.79 Å². The van der Waals surface area contributed by atoms with E-state index in [2.05, 4.69) is 10.6 Å². The van der Waals surface area contributed by atoms with Gasteiger partial charge in [0.2, 0.25) is 5.91 Å². The van der Waals surface area contributed by atoms with E-state index in [0.717, 1.165) is 17.8 Å². The first-order valence-corrected chi connectivity index (χ1v) is 5.99. The van der Waals surface area contributed by atoms with Gasteiger partial charge in [0.15, 0.2) is 0 Å². The van der Waals surface area contributed by atoms with Gasteiger partial charge in [0.1, 0.15) is 0 Å². The van der Waals surface area contributed by atoms with Crippen molar-refractivity contribution in [1.82, 2.24) is 5.32 Å².